The zero-order chi connectivity index (χ0) is 42.3. The minimum Gasteiger partial charge on any atom is -0.354 e. The van der Waals surface area contributed by atoms with Crippen molar-refractivity contribution < 1.29 is 43.9 Å². The van der Waals surface area contributed by atoms with Gasteiger partial charge in [0.1, 0.15) is 0 Å². The van der Waals surface area contributed by atoms with Gasteiger partial charge >= 0.3 is 0 Å². The Bertz CT molecular complexity index is 2950. The maximum atomic E-state index is 15.8. The summed E-state index contributed by atoms with van der Waals surface area (Å²) in [5.41, 5.74) is -2.42. The first-order chi connectivity index (χ1) is 28.7. The van der Waals surface area contributed by atoms with Gasteiger partial charge in [-0.1, -0.05) is 56.1 Å². The van der Waals surface area contributed by atoms with Crippen LogP contribution in [0.15, 0.2) is 81.7 Å². The van der Waals surface area contributed by atoms with E-state index in [1.807, 2.05) is 0 Å². The Kier molecular flexibility index (Phi) is 9.66. The van der Waals surface area contributed by atoms with Crippen molar-refractivity contribution in [2.75, 3.05) is 0 Å². The summed E-state index contributed by atoms with van der Waals surface area (Å²) in [5.74, 6) is -21.9. The number of hydrogen-bond donors (Lipinski definition) is 2. The SMILES string of the molecule is Fc1c(F)c(F)c(-c2c3nc(c(-c4ccc(Br)cc4)c4ccc([nH]4)c(-c4c(F)c(F)c(F)c(F)c4F)c4nc(c(-c5ccc(Br)cc5)c5ccc2[nH]5)C=C4)C=C3)c(F)c1F. The van der Waals surface area contributed by atoms with Crippen molar-refractivity contribution in [2.24, 2.45) is 0 Å². The second-order valence-corrected chi connectivity index (χ2v) is 15.2. The van der Waals surface area contributed by atoms with Crippen molar-refractivity contribution in [3.05, 3.63) is 163 Å². The molecule has 0 amide bonds. The molecule has 0 saturated carbocycles. The lowest BCUT2D eigenvalue weighted by atomic mass is 10.0. The van der Waals surface area contributed by atoms with Gasteiger partial charge < -0.3 is 9.97 Å². The van der Waals surface area contributed by atoms with Crippen molar-refractivity contribution in [3.63, 3.8) is 0 Å². The van der Waals surface area contributed by atoms with Gasteiger partial charge in [-0.2, -0.15) is 0 Å². The number of rotatable bonds is 4. The third-order valence-electron chi connectivity index (χ3n) is 9.94. The van der Waals surface area contributed by atoms with Gasteiger partial charge in [-0.05, 0) is 84.0 Å². The number of H-pyrrole nitrogens is 2. The zero-order valence-corrected chi connectivity index (χ0v) is 32.8. The fraction of sp³-hybridized carbons (Fsp3) is 0. The predicted octanol–water partition coefficient (Wildman–Crippen LogP) is 14.2. The van der Waals surface area contributed by atoms with Crippen LogP contribution in [0, 0.1) is 58.2 Å². The molecule has 0 saturated heterocycles. The molecular formula is C44H18Br2F10N4. The second-order valence-electron chi connectivity index (χ2n) is 13.4. The zero-order valence-electron chi connectivity index (χ0n) is 29.7. The molecule has 5 heterocycles. The smallest absolute Gasteiger partial charge is 0.200 e. The molecule has 16 heteroatoms. The Morgan fingerprint density at radius 3 is 0.850 bits per heavy atom. The summed E-state index contributed by atoms with van der Waals surface area (Å²) in [6.45, 7) is 0. The summed E-state index contributed by atoms with van der Waals surface area (Å²) in [6, 6.07) is 18.8. The molecule has 2 aliphatic rings. The highest BCUT2D eigenvalue weighted by atomic mass is 79.9. The van der Waals surface area contributed by atoms with Crippen LogP contribution >= 0.6 is 31.9 Å². The average molecular weight is 952 g/mol. The van der Waals surface area contributed by atoms with E-state index in [9.17, 15) is 26.3 Å². The number of nitrogens with zero attached hydrogens (tertiary/aromatic N) is 2. The fourth-order valence-corrected chi connectivity index (χ4v) is 7.75. The fourth-order valence-electron chi connectivity index (χ4n) is 7.22. The first-order valence-corrected chi connectivity index (χ1v) is 19.0. The van der Waals surface area contributed by atoms with E-state index in [0.29, 0.717) is 20.1 Å². The van der Waals surface area contributed by atoms with Crippen LogP contribution in [-0.4, -0.2) is 19.9 Å². The molecule has 0 aliphatic carbocycles. The van der Waals surface area contributed by atoms with E-state index in [1.54, 1.807) is 48.5 Å². The van der Waals surface area contributed by atoms with Crippen LogP contribution in [0.5, 0.6) is 0 Å². The van der Waals surface area contributed by atoms with Crippen molar-refractivity contribution in [2.45, 2.75) is 0 Å². The molecule has 0 radical (unpaired) electrons. The lowest BCUT2D eigenvalue weighted by molar-refractivity contribution is 0.381. The molecule has 298 valence electrons. The van der Waals surface area contributed by atoms with Crippen molar-refractivity contribution in [3.8, 4) is 44.5 Å². The van der Waals surface area contributed by atoms with E-state index in [2.05, 4.69) is 51.8 Å². The molecule has 0 fully saturated rings. The molecule has 7 aromatic rings. The van der Waals surface area contributed by atoms with E-state index >= 15 is 17.6 Å². The molecule has 2 N–H and O–H groups in total. The van der Waals surface area contributed by atoms with E-state index < -0.39 is 80.4 Å². The molecule has 3 aromatic heterocycles. The summed E-state index contributed by atoms with van der Waals surface area (Å²) in [7, 11) is 0. The largest absolute Gasteiger partial charge is 0.354 e. The van der Waals surface area contributed by atoms with Gasteiger partial charge in [0.05, 0.1) is 33.9 Å². The van der Waals surface area contributed by atoms with Gasteiger partial charge in [0.2, 0.25) is 11.6 Å². The standard InChI is InChI=1S/C44H18Br2F10N4/c45-19-5-1-17(2-6-19)29-21-9-13-25(57-21)31(33-35(47)39(51)43(55)40(52)36(33)48)27-15-11-23(59-27)30(18-3-7-20(46)8-4-18)24-12-16-28(60-24)32(26-14-10-22(29)58-26)34-37(49)41(53)44(56)42(54)38(34)50/h1-16,57,60H. The summed E-state index contributed by atoms with van der Waals surface area (Å²) in [5, 5.41) is 0. The highest BCUT2D eigenvalue weighted by Gasteiger charge is 2.31. The Labute approximate surface area is 347 Å². The molecule has 0 spiro atoms. The van der Waals surface area contributed by atoms with Crippen molar-refractivity contribution in [1.29, 1.82) is 0 Å². The lowest BCUT2D eigenvalue weighted by Crippen LogP contribution is -2.05. The number of aromatic amines is 2. The molecule has 9 rings (SSSR count). The first kappa shape index (κ1) is 39.2. The van der Waals surface area contributed by atoms with Crippen LogP contribution in [0.25, 0.3) is 90.9 Å². The van der Waals surface area contributed by atoms with Crippen molar-refractivity contribution >= 4 is 78.2 Å². The molecule has 8 bridgehead atoms. The number of halogens is 12. The van der Waals surface area contributed by atoms with Crippen LogP contribution in [0.2, 0.25) is 0 Å². The molecular weight excluding hydrogens is 934 g/mol. The number of hydrogen-bond acceptors (Lipinski definition) is 2. The van der Waals surface area contributed by atoms with Crippen LogP contribution in [0.1, 0.15) is 22.8 Å². The van der Waals surface area contributed by atoms with Gasteiger partial charge in [0.15, 0.2) is 46.5 Å². The highest BCUT2D eigenvalue weighted by Crippen LogP contribution is 2.42. The minimum atomic E-state index is -2.36. The maximum Gasteiger partial charge on any atom is 0.200 e. The average Bonchev–Trinajstić information content (AvgIpc) is 4.09. The van der Waals surface area contributed by atoms with Crippen LogP contribution in [0.3, 0.4) is 0 Å². The third-order valence-corrected chi connectivity index (χ3v) is 11.0. The van der Waals surface area contributed by atoms with Gasteiger partial charge in [-0.25, -0.2) is 53.9 Å². The Morgan fingerprint density at radius 1 is 0.300 bits per heavy atom. The molecule has 2 aliphatic heterocycles. The number of fused-ring (bicyclic) bond motifs is 8. The predicted molar refractivity (Wildman–Crippen MR) is 216 cm³/mol. The number of benzene rings is 4. The first-order valence-electron chi connectivity index (χ1n) is 17.4. The number of nitrogens with one attached hydrogen (secondary N) is 2. The molecule has 4 nitrogen and oxygen atoms in total. The number of aromatic nitrogens is 4. The Hall–Kier alpha value is -6.26. The third kappa shape index (κ3) is 6.27. The van der Waals surface area contributed by atoms with E-state index in [-0.39, 0.29) is 56.0 Å². The molecule has 60 heavy (non-hydrogen) atoms. The summed E-state index contributed by atoms with van der Waals surface area (Å²) in [4.78, 5) is 15.4. The van der Waals surface area contributed by atoms with E-state index in [0.717, 1.165) is 0 Å². The Balaban J connectivity index is 1.53. The molecule has 0 atom stereocenters. The van der Waals surface area contributed by atoms with E-state index in [4.69, 9.17) is 0 Å². The quantitative estimate of drug-likeness (QED) is 0.105. The van der Waals surface area contributed by atoms with E-state index in [1.165, 1.54) is 48.6 Å². The lowest BCUT2D eigenvalue weighted by Gasteiger charge is -2.10. The van der Waals surface area contributed by atoms with Crippen LogP contribution in [-0.2, 0) is 0 Å². The van der Waals surface area contributed by atoms with Gasteiger partial charge in [-0.3, -0.25) is 0 Å². The topological polar surface area (TPSA) is 57.4 Å². The van der Waals surface area contributed by atoms with Crippen LogP contribution < -0.4 is 0 Å². The summed E-state index contributed by atoms with van der Waals surface area (Å²) < 4.78 is 153. The minimum absolute atomic E-state index is 0.0783. The highest BCUT2D eigenvalue weighted by molar-refractivity contribution is 9.10. The summed E-state index contributed by atoms with van der Waals surface area (Å²) >= 11 is 6.74. The molecule has 0 unspecified atom stereocenters. The van der Waals surface area contributed by atoms with Gasteiger partial charge in [-0.15, -0.1) is 0 Å². The second kappa shape index (κ2) is 14.8. The summed E-state index contributed by atoms with van der Waals surface area (Å²) in [6.07, 6.45) is 5.45. The van der Waals surface area contributed by atoms with Crippen molar-refractivity contribution in [1.82, 2.24) is 19.9 Å². The normalized spacial score (nSPS) is 12.2. The molecule has 4 aromatic carbocycles. The monoisotopic (exact) mass is 950 g/mol. The Morgan fingerprint density at radius 2 is 0.550 bits per heavy atom. The van der Waals surface area contributed by atoms with Gasteiger partial charge in [0.25, 0.3) is 0 Å². The van der Waals surface area contributed by atoms with Crippen LogP contribution in [0.4, 0.5) is 43.9 Å². The maximum absolute atomic E-state index is 15.8. The van der Waals surface area contributed by atoms with Gasteiger partial charge in [0, 0.05) is 53.3 Å².